The molecule has 2 N–H and O–H groups in total. The van der Waals surface area contributed by atoms with Crippen LogP contribution in [-0.2, 0) is 19.4 Å². The smallest absolute Gasteiger partial charge is 0.239 e. The molecule has 9 nitrogen and oxygen atoms in total. The molecule has 1 fully saturated rings. The van der Waals surface area contributed by atoms with Crippen LogP contribution in [0.5, 0.6) is 11.5 Å². The molecule has 0 unspecified atom stereocenters. The van der Waals surface area contributed by atoms with Gasteiger partial charge in [0.2, 0.25) is 5.91 Å². The molecule has 28 heavy (non-hydrogen) atoms. The molecule has 3 rings (SSSR count). The summed E-state index contributed by atoms with van der Waals surface area (Å²) in [6, 6.07) is 5.90. The number of carbonyl (C=O) groups is 1. The van der Waals surface area contributed by atoms with E-state index in [4.69, 9.17) is 19.9 Å². The molecule has 0 radical (unpaired) electrons. The number of aromatic nitrogens is 2. The number of primary amides is 1. The number of nitrogens with zero attached hydrogens (tertiary/aromatic N) is 2. The van der Waals surface area contributed by atoms with Crippen molar-refractivity contribution in [3.63, 3.8) is 0 Å². The van der Waals surface area contributed by atoms with Crippen LogP contribution in [-0.4, -0.2) is 55.5 Å². The van der Waals surface area contributed by atoms with Crippen LogP contribution in [0.1, 0.15) is 12.8 Å². The van der Waals surface area contributed by atoms with Crippen molar-refractivity contribution in [3.8, 4) is 11.5 Å². The molecule has 1 aliphatic heterocycles. The van der Waals surface area contributed by atoms with Gasteiger partial charge in [0.1, 0.15) is 25.3 Å². The van der Waals surface area contributed by atoms with E-state index in [1.54, 1.807) is 0 Å². The fourth-order valence-electron chi connectivity index (χ4n) is 2.97. The Morgan fingerprint density at radius 2 is 1.61 bits per heavy atom. The maximum Gasteiger partial charge on any atom is 0.239 e. The number of nitrogens with two attached hydrogens (primary N) is 1. The first-order valence-electron chi connectivity index (χ1n) is 8.69. The van der Waals surface area contributed by atoms with Crippen molar-refractivity contribution in [3.05, 3.63) is 43.0 Å². The maximum absolute atomic E-state index is 13.1. The van der Waals surface area contributed by atoms with E-state index in [1.165, 1.54) is 43.0 Å². The van der Waals surface area contributed by atoms with E-state index in [2.05, 4.69) is 9.97 Å². The van der Waals surface area contributed by atoms with Crippen LogP contribution < -0.4 is 15.2 Å². The first kappa shape index (κ1) is 20.0. The molecule has 1 aliphatic rings. The van der Waals surface area contributed by atoms with Gasteiger partial charge in [0, 0.05) is 13.2 Å². The molecule has 0 aliphatic carbocycles. The standard InChI is InChI=1S/C18H21N3O6S/c19-17(22)18(5-7-25-8-6-18)28(23,24)16-3-1-14(2-4-16)26-9-10-27-15-11-20-13-21-12-15/h1-4,11-13H,5-10H2,(H2,19,22). The second-order valence-corrected chi connectivity index (χ2v) is 8.48. The summed E-state index contributed by atoms with van der Waals surface area (Å²) in [4.78, 5) is 19.7. The lowest BCUT2D eigenvalue weighted by molar-refractivity contribution is -0.122. The number of sulfone groups is 1. The van der Waals surface area contributed by atoms with E-state index in [0.717, 1.165) is 0 Å². The second kappa shape index (κ2) is 8.53. The third-order valence-corrected chi connectivity index (χ3v) is 7.09. The normalized spacial score (nSPS) is 16.3. The molecule has 0 bridgehead atoms. The highest BCUT2D eigenvalue weighted by molar-refractivity contribution is 7.93. The number of rotatable bonds is 8. The van der Waals surface area contributed by atoms with Gasteiger partial charge in [-0.3, -0.25) is 4.79 Å². The molecule has 1 saturated heterocycles. The summed E-state index contributed by atoms with van der Waals surface area (Å²) >= 11 is 0. The maximum atomic E-state index is 13.1. The number of carbonyl (C=O) groups excluding carboxylic acids is 1. The van der Waals surface area contributed by atoms with Crippen molar-refractivity contribution in [1.29, 1.82) is 0 Å². The number of hydrogen-bond acceptors (Lipinski definition) is 8. The van der Waals surface area contributed by atoms with Gasteiger partial charge in [0.25, 0.3) is 0 Å². The van der Waals surface area contributed by atoms with E-state index in [1.807, 2.05) is 0 Å². The van der Waals surface area contributed by atoms with Crippen molar-refractivity contribution in [2.45, 2.75) is 22.5 Å². The average Bonchev–Trinajstić information content (AvgIpc) is 2.72. The van der Waals surface area contributed by atoms with E-state index in [-0.39, 0.29) is 44.2 Å². The van der Waals surface area contributed by atoms with Gasteiger partial charge in [0.15, 0.2) is 20.3 Å². The van der Waals surface area contributed by atoms with Crippen LogP contribution in [0, 0.1) is 0 Å². The zero-order valence-electron chi connectivity index (χ0n) is 15.1. The average molecular weight is 407 g/mol. The van der Waals surface area contributed by atoms with Crippen LogP contribution in [0.4, 0.5) is 0 Å². The van der Waals surface area contributed by atoms with Crippen molar-refractivity contribution in [2.24, 2.45) is 5.73 Å². The monoisotopic (exact) mass is 407 g/mol. The summed E-state index contributed by atoms with van der Waals surface area (Å²) < 4.78 is 40.6. The molecule has 1 amide bonds. The Balaban J connectivity index is 1.63. The van der Waals surface area contributed by atoms with Gasteiger partial charge < -0.3 is 19.9 Å². The van der Waals surface area contributed by atoms with Gasteiger partial charge in [-0.15, -0.1) is 0 Å². The molecule has 150 valence electrons. The minimum absolute atomic E-state index is 0.0261. The SMILES string of the molecule is NC(=O)C1(S(=O)(=O)c2ccc(OCCOc3cncnc3)cc2)CCOCC1. The Morgan fingerprint density at radius 3 is 2.18 bits per heavy atom. The molecule has 2 heterocycles. The number of hydrogen-bond donors (Lipinski definition) is 1. The predicted molar refractivity (Wildman–Crippen MR) is 98.6 cm³/mol. The first-order valence-corrected chi connectivity index (χ1v) is 10.2. The summed E-state index contributed by atoms with van der Waals surface area (Å²) in [7, 11) is -3.95. The van der Waals surface area contributed by atoms with Crippen molar-refractivity contribution < 1.29 is 27.4 Å². The quantitative estimate of drug-likeness (QED) is 0.634. The lowest BCUT2D eigenvalue weighted by atomic mass is 9.98. The van der Waals surface area contributed by atoms with Crippen molar-refractivity contribution >= 4 is 15.7 Å². The molecular weight excluding hydrogens is 386 g/mol. The molecule has 10 heteroatoms. The molecule has 1 aromatic heterocycles. The van der Waals surface area contributed by atoms with Crippen molar-refractivity contribution in [1.82, 2.24) is 9.97 Å². The van der Waals surface area contributed by atoms with Gasteiger partial charge >= 0.3 is 0 Å². The Labute approximate surface area is 162 Å². The highest BCUT2D eigenvalue weighted by Crippen LogP contribution is 2.35. The lowest BCUT2D eigenvalue weighted by Crippen LogP contribution is -2.53. The van der Waals surface area contributed by atoms with E-state index in [9.17, 15) is 13.2 Å². The molecule has 0 spiro atoms. The molecule has 0 atom stereocenters. The zero-order chi connectivity index (χ0) is 20.0. The summed E-state index contributed by atoms with van der Waals surface area (Å²) in [6.45, 7) is 0.882. The largest absolute Gasteiger partial charge is 0.490 e. The summed E-state index contributed by atoms with van der Waals surface area (Å²) in [5, 5.41) is 0. The molecule has 0 saturated carbocycles. The Bertz CT molecular complexity index is 897. The minimum Gasteiger partial charge on any atom is -0.490 e. The third-order valence-electron chi connectivity index (χ3n) is 4.56. The van der Waals surface area contributed by atoms with Crippen LogP contribution in [0.3, 0.4) is 0 Å². The topological polar surface area (TPSA) is 131 Å². The van der Waals surface area contributed by atoms with E-state index >= 15 is 0 Å². The summed E-state index contributed by atoms with van der Waals surface area (Å²) in [5.41, 5.74) is 5.46. The van der Waals surface area contributed by atoms with Crippen LogP contribution in [0.15, 0.2) is 47.9 Å². The van der Waals surface area contributed by atoms with Crippen LogP contribution in [0.2, 0.25) is 0 Å². The van der Waals surface area contributed by atoms with Gasteiger partial charge in [-0.05, 0) is 37.1 Å². The molecular formula is C18H21N3O6S. The van der Waals surface area contributed by atoms with Gasteiger partial charge in [-0.25, -0.2) is 18.4 Å². The Morgan fingerprint density at radius 1 is 1.04 bits per heavy atom. The number of benzene rings is 1. The highest BCUT2D eigenvalue weighted by atomic mass is 32.2. The Kier molecular flexibility index (Phi) is 6.10. The number of amides is 1. The first-order chi connectivity index (χ1) is 13.5. The summed E-state index contributed by atoms with van der Waals surface area (Å²) in [5.74, 6) is 0.158. The highest BCUT2D eigenvalue weighted by Gasteiger charge is 2.51. The fourth-order valence-corrected chi connectivity index (χ4v) is 4.88. The lowest BCUT2D eigenvalue weighted by Gasteiger charge is -2.33. The van der Waals surface area contributed by atoms with Gasteiger partial charge in [-0.2, -0.15) is 0 Å². The fraction of sp³-hybridized carbons (Fsp3) is 0.389. The van der Waals surface area contributed by atoms with Gasteiger partial charge in [0.05, 0.1) is 17.3 Å². The van der Waals surface area contributed by atoms with E-state index in [0.29, 0.717) is 11.5 Å². The molecule has 2 aromatic rings. The van der Waals surface area contributed by atoms with Gasteiger partial charge in [-0.1, -0.05) is 0 Å². The predicted octanol–water partition coefficient (Wildman–Crippen LogP) is 0.743. The second-order valence-electron chi connectivity index (χ2n) is 6.22. The third kappa shape index (κ3) is 4.07. The molecule has 1 aromatic carbocycles. The zero-order valence-corrected chi connectivity index (χ0v) is 15.9. The Hall–Kier alpha value is -2.72. The van der Waals surface area contributed by atoms with Crippen molar-refractivity contribution in [2.75, 3.05) is 26.4 Å². The van der Waals surface area contributed by atoms with E-state index < -0.39 is 20.5 Å². The van der Waals surface area contributed by atoms with Crippen LogP contribution in [0.25, 0.3) is 0 Å². The van der Waals surface area contributed by atoms with Crippen LogP contribution >= 0.6 is 0 Å². The minimum atomic E-state index is -3.95. The number of ether oxygens (including phenoxy) is 3. The summed E-state index contributed by atoms with van der Waals surface area (Å²) in [6.07, 6.45) is 4.57.